The number of hydrogen-bond acceptors (Lipinski definition) is 4. The molecule has 0 bridgehead atoms. The molecule has 0 radical (unpaired) electrons. The van der Waals surface area contributed by atoms with E-state index in [-0.39, 0.29) is 0 Å². The predicted molar refractivity (Wildman–Crippen MR) is 82.8 cm³/mol. The molecule has 2 unspecified atom stereocenters. The molecule has 1 aromatic rings. The Hall–Kier alpha value is 0.230. The molecule has 1 saturated heterocycles. The third-order valence-corrected chi connectivity index (χ3v) is 6.09. The number of alkyl halides is 1. The Morgan fingerprint density at radius 3 is 3.00 bits per heavy atom. The number of nitrogens with zero attached hydrogens (tertiary/aromatic N) is 2. The number of rotatable bonds is 5. The van der Waals surface area contributed by atoms with Crippen molar-refractivity contribution in [3.8, 4) is 0 Å². The largest absolute Gasteiger partial charge is 0.292 e. The van der Waals surface area contributed by atoms with Gasteiger partial charge in [-0.05, 0) is 12.8 Å². The molecule has 1 fully saturated rings. The summed E-state index contributed by atoms with van der Waals surface area (Å²) in [5.74, 6) is 1.78. The van der Waals surface area contributed by atoms with Crippen molar-refractivity contribution in [1.29, 1.82) is 0 Å². The van der Waals surface area contributed by atoms with Gasteiger partial charge in [-0.2, -0.15) is 11.8 Å². The molecule has 0 saturated carbocycles. The molecule has 102 valence electrons. The number of thioether (sulfide) groups is 1. The molecule has 2 heterocycles. The lowest BCUT2D eigenvalue weighted by molar-refractivity contribution is 0.197. The first-order chi connectivity index (χ1) is 8.78. The van der Waals surface area contributed by atoms with E-state index in [0.717, 1.165) is 17.4 Å². The second kappa shape index (κ2) is 7.13. The predicted octanol–water partition coefficient (Wildman–Crippen LogP) is 4.16. The molecule has 5 heteroatoms. The zero-order chi connectivity index (χ0) is 13.0. The summed E-state index contributed by atoms with van der Waals surface area (Å²) in [6.45, 7) is 6.94. The zero-order valence-corrected chi connectivity index (χ0v) is 13.5. The first-order valence-corrected chi connectivity index (χ1v) is 9.10. The molecule has 0 N–H and O–H groups in total. The van der Waals surface area contributed by atoms with Crippen LogP contribution in [0.2, 0.25) is 0 Å². The van der Waals surface area contributed by atoms with Gasteiger partial charge in [0.2, 0.25) is 0 Å². The molecule has 2 nitrogen and oxygen atoms in total. The van der Waals surface area contributed by atoms with Crippen molar-refractivity contribution in [2.75, 3.05) is 18.8 Å². The van der Waals surface area contributed by atoms with Crippen molar-refractivity contribution in [2.24, 2.45) is 0 Å². The molecule has 0 spiro atoms. The van der Waals surface area contributed by atoms with Crippen LogP contribution in [0, 0.1) is 0 Å². The van der Waals surface area contributed by atoms with E-state index in [1.807, 2.05) is 0 Å². The van der Waals surface area contributed by atoms with Crippen molar-refractivity contribution in [2.45, 2.75) is 43.9 Å². The Morgan fingerprint density at radius 1 is 1.56 bits per heavy atom. The quantitative estimate of drug-likeness (QED) is 0.760. The van der Waals surface area contributed by atoms with E-state index in [1.165, 1.54) is 30.3 Å². The Kier molecular flexibility index (Phi) is 5.80. The molecule has 1 aliphatic rings. The van der Waals surface area contributed by atoms with Crippen LogP contribution in [-0.2, 0) is 5.88 Å². The first-order valence-electron chi connectivity index (χ1n) is 6.64. The number of halogens is 1. The van der Waals surface area contributed by atoms with Crippen LogP contribution in [0.15, 0.2) is 5.38 Å². The molecule has 18 heavy (non-hydrogen) atoms. The molecule has 2 rings (SSSR count). The van der Waals surface area contributed by atoms with Crippen LogP contribution in [-0.4, -0.2) is 34.0 Å². The maximum absolute atomic E-state index is 5.85. The smallest absolute Gasteiger partial charge is 0.110 e. The summed E-state index contributed by atoms with van der Waals surface area (Å²) in [4.78, 5) is 7.28. The van der Waals surface area contributed by atoms with Gasteiger partial charge in [0.05, 0.1) is 17.6 Å². The Bertz CT molecular complexity index is 370. The number of hydrogen-bond donors (Lipinski definition) is 0. The molecular weight excluding hydrogens is 284 g/mol. The first kappa shape index (κ1) is 14.6. The van der Waals surface area contributed by atoms with Gasteiger partial charge in [-0.15, -0.1) is 22.9 Å². The van der Waals surface area contributed by atoms with Gasteiger partial charge >= 0.3 is 0 Å². The summed E-state index contributed by atoms with van der Waals surface area (Å²) in [6, 6.07) is 0.488. The van der Waals surface area contributed by atoms with E-state index in [0.29, 0.717) is 11.9 Å². The molecule has 2 atom stereocenters. The van der Waals surface area contributed by atoms with Crippen molar-refractivity contribution in [3.63, 3.8) is 0 Å². The second-order valence-electron chi connectivity index (χ2n) is 4.63. The molecule has 0 aliphatic carbocycles. The number of aromatic nitrogens is 1. The topological polar surface area (TPSA) is 16.1 Å². The Balaban J connectivity index is 2.07. The van der Waals surface area contributed by atoms with Crippen LogP contribution in [0.1, 0.15) is 43.4 Å². The fourth-order valence-electron chi connectivity index (χ4n) is 2.40. The van der Waals surface area contributed by atoms with Crippen LogP contribution < -0.4 is 0 Å². The van der Waals surface area contributed by atoms with Crippen molar-refractivity contribution in [3.05, 3.63) is 16.1 Å². The van der Waals surface area contributed by atoms with E-state index >= 15 is 0 Å². The van der Waals surface area contributed by atoms with Gasteiger partial charge in [0.25, 0.3) is 0 Å². The summed E-state index contributed by atoms with van der Waals surface area (Å²) < 4.78 is 0. The van der Waals surface area contributed by atoms with E-state index < -0.39 is 0 Å². The molecule has 0 amide bonds. The number of thiazole rings is 1. The van der Waals surface area contributed by atoms with Crippen LogP contribution in [0.3, 0.4) is 0 Å². The van der Waals surface area contributed by atoms with Crippen molar-refractivity contribution >= 4 is 34.7 Å². The fourth-order valence-corrected chi connectivity index (χ4v) is 4.87. The highest BCUT2D eigenvalue weighted by Gasteiger charge is 2.27. The highest BCUT2D eigenvalue weighted by atomic mass is 35.5. The zero-order valence-electron chi connectivity index (χ0n) is 11.1. The Morgan fingerprint density at radius 2 is 2.39 bits per heavy atom. The minimum absolute atomic E-state index is 0.488. The average molecular weight is 305 g/mol. The summed E-state index contributed by atoms with van der Waals surface area (Å²) >= 11 is 9.73. The van der Waals surface area contributed by atoms with Gasteiger partial charge in [-0.25, -0.2) is 4.98 Å². The van der Waals surface area contributed by atoms with Gasteiger partial charge in [0, 0.05) is 29.5 Å². The van der Waals surface area contributed by atoms with E-state index in [1.54, 1.807) is 11.3 Å². The minimum atomic E-state index is 0.488. The maximum atomic E-state index is 5.85. The van der Waals surface area contributed by atoms with Crippen molar-refractivity contribution in [1.82, 2.24) is 9.88 Å². The minimum Gasteiger partial charge on any atom is -0.292 e. The van der Waals surface area contributed by atoms with E-state index in [2.05, 4.69) is 40.9 Å². The van der Waals surface area contributed by atoms with Gasteiger partial charge in [-0.1, -0.05) is 13.8 Å². The van der Waals surface area contributed by atoms with Crippen LogP contribution >= 0.6 is 34.7 Å². The molecule has 0 aromatic carbocycles. The molecule has 1 aliphatic heterocycles. The van der Waals surface area contributed by atoms with Crippen LogP contribution in [0.4, 0.5) is 0 Å². The average Bonchev–Trinajstić information content (AvgIpc) is 2.88. The van der Waals surface area contributed by atoms with E-state index in [9.17, 15) is 0 Å². The molecule has 1 aromatic heterocycles. The summed E-state index contributed by atoms with van der Waals surface area (Å²) in [6.07, 6.45) is 2.40. The standard InChI is InChI=1S/C13H21ClN2S2/c1-3-11-8-16(5-6-17-11)12(4-2)13-15-10(7-14)9-18-13/h9,11-12H,3-8H2,1-2H3. The lowest BCUT2D eigenvalue weighted by atomic mass is 10.1. The maximum Gasteiger partial charge on any atom is 0.110 e. The summed E-state index contributed by atoms with van der Waals surface area (Å²) in [7, 11) is 0. The second-order valence-corrected chi connectivity index (χ2v) is 7.20. The normalized spacial score (nSPS) is 23.2. The lowest BCUT2D eigenvalue weighted by Crippen LogP contribution is -2.40. The third-order valence-electron chi connectivity index (χ3n) is 3.44. The highest BCUT2D eigenvalue weighted by Crippen LogP contribution is 2.32. The van der Waals surface area contributed by atoms with Gasteiger partial charge in [0.15, 0.2) is 0 Å². The van der Waals surface area contributed by atoms with Gasteiger partial charge in [-0.3, -0.25) is 4.90 Å². The van der Waals surface area contributed by atoms with Crippen LogP contribution in [0.5, 0.6) is 0 Å². The summed E-state index contributed by atoms with van der Waals surface area (Å²) in [5, 5.41) is 4.14. The fraction of sp³-hybridized carbons (Fsp3) is 0.769. The Labute approximate surface area is 123 Å². The van der Waals surface area contributed by atoms with Gasteiger partial charge in [0.1, 0.15) is 5.01 Å². The highest BCUT2D eigenvalue weighted by molar-refractivity contribution is 8.00. The van der Waals surface area contributed by atoms with Gasteiger partial charge < -0.3 is 0 Å². The van der Waals surface area contributed by atoms with E-state index in [4.69, 9.17) is 11.6 Å². The summed E-state index contributed by atoms with van der Waals surface area (Å²) in [5.41, 5.74) is 1.02. The van der Waals surface area contributed by atoms with Crippen LogP contribution in [0.25, 0.3) is 0 Å². The lowest BCUT2D eigenvalue weighted by Gasteiger charge is -2.36. The van der Waals surface area contributed by atoms with Crippen molar-refractivity contribution < 1.29 is 0 Å². The molecular formula is C13H21ClN2S2. The monoisotopic (exact) mass is 304 g/mol. The SMILES string of the molecule is CCC1CN(C(CC)c2nc(CCl)cs2)CCS1. The third kappa shape index (κ3) is 3.41.